The van der Waals surface area contributed by atoms with Gasteiger partial charge in [0.25, 0.3) is 5.56 Å². The van der Waals surface area contributed by atoms with Gasteiger partial charge in [-0.1, -0.05) is 5.92 Å². The number of hydrogen-bond donors (Lipinski definition) is 4. The maximum atomic E-state index is 11.4. The molecular formula is C11H14B2N2O6PS+. The Kier molecular flexibility index (Phi) is 7.64. The van der Waals surface area contributed by atoms with Crippen LogP contribution in [0.2, 0.25) is 0 Å². The van der Waals surface area contributed by atoms with Crippen LogP contribution in [0.4, 0.5) is 0 Å². The van der Waals surface area contributed by atoms with Crippen LogP contribution in [0.15, 0.2) is 11.0 Å². The number of ether oxygens (including phenoxy) is 1. The standard InChI is InChI=1S/C10H9BN2O2S.CH5BO4P/c1-2-6-5-13(10(16)12-9(6)14)8-4-3-7(11)15-8;2-1-6-7(3,4)5/h1,5,7-8H,3-4H2,(H,12,14,16);3-5H,1H2/q;+1/t7-,8?;/m0./s1. The maximum absolute atomic E-state index is 11.4. The van der Waals surface area contributed by atoms with Crippen molar-refractivity contribution >= 4 is 36.1 Å². The van der Waals surface area contributed by atoms with Gasteiger partial charge in [-0.2, -0.15) is 19.2 Å². The van der Waals surface area contributed by atoms with Gasteiger partial charge in [-0.25, -0.2) is 0 Å². The molecule has 0 saturated carbocycles. The Balaban J connectivity index is 0.000000322. The quantitative estimate of drug-likeness (QED) is 0.249. The third-order valence-electron chi connectivity index (χ3n) is 2.71. The Morgan fingerprint density at radius 1 is 1.57 bits per heavy atom. The van der Waals surface area contributed by atoms with E-state index in [0.29, 0.717) is 4.77 Å². The van der Waals surface area contributed by atoms with E-state index in [1.54, 1.807) is 4.57 Å². The van der Waals surface area contributed by atoms with Crippen molar-refractivity contribution in [2.24, 2.45) is 0 Å². The Bertz CT molecular complexity index is 683. The fourth-order valence-electron chi connectivity index (χ4n) is 1.75. The van der Waals surface area contributed by atoms with Gasteiger partial charge in [0, 0.05) is 12.2 Å². The number of terminal acetylenes is 1. The van der Waals surface area contributed by atoms with Crippen LogP contribution in [0.5, 0.6) is 0 Å². The molecule has 23 heavy (non-hydrogen) atoms. The zero-order valence-corrected chi connectivity index (χ0v) is 13.7. The van der Waals surface area contributed by atoms with Crippen molar-refractivity contribution in [2.45, 2.75) is 25.1 Å². The average Bonchev–Trinajstić information content (AvgIpc) is 2.85. The summed E-state index contributed by atoms with van der Waals surface area (Å²) in [5.74, 6) is 2.30. The van der Waals surface area contributed by atoms with Crippen LogP contribution in [0.3, 0.4) is 0 Å². The van der Waals surface area contributed by atoms with Gasteiger partial charge >= 0.3 is 8.17 Å². The molecule has 1 fully saturated rings. The van der Waals surface area contributed by atoms with E-state index in [-0.39, 0.29) is 23.4 Å². The summed E-state index contributed by atoms with van der Waals surface area (Å²) in [5, 5.41) is 0. The van der Waals surface area contributed by atoms with E-state index < -0.39 is 14.7 Å². The SMILES string of the molecule is [B]CO[P+](O)(O)O.[B][C@@H]1CCC(n2cc(C#C)c(=O)[nH]c2=S)O1. The molecule has 1 aromatic rings. The minimum absolute atomic E-state index is 0.234. The number of aromatic nitrogens is 2. The molecule has 0 aliphatic carbocycles. The molecule has 1 aliphatic heterocycles. The molecule has 0 bridgehead atoms. The fourth-order valence-corrected chi connectivity index (χ4v) is 2.21. The first kappa shape index (κ1) is 20.1. The zero-order chi connectivity index (χ0) is 17.6. The van der Waals surface area contributed by atoms with E-state index in [9.17, 15) is 4.79 Å². The normalized spacial score (nSPS) is 20.4. The number of aromatic amines is 1. The molecule has 2 heterocycles. The van der Waals surface area contributed by atoms with Crippen molar-refractivity contribution in [3.63, 3.8) is 0 Å². The predicted molar refractivity (Wildman–Crippen MR) is 88.0 cm³/mol. The summed E-state index contributed by atoms with van der Waals surface area (Å²) in [6.07, 6.45) is 8.02. The van der Waals surface area contributed by atoms with Crippen molar-refractivity contribution in [3.8, 4) is 12.3 Å². The van der Waals surface area contributed by atoms with Crippen LogP contribution in [-0.2, 0) is 9.26 Å². The molecule has 12 heteroatoms. The van der Waals surface area contributed by atoms with E-state index >= 15 is 0 Å². The third kappa shape index (κ3) is 6.57. The van der Waals surface area contributed by atoms with Crippen molar-refractivity contribution in [3.05, 3.63) is 26.9 Å². The minimum Gasteiger partial charge on any atom is -0.365 e. The van der Waals surface area contributed by atoms with Gasteiger partial charge in [0.1, 0.15) is 27.5 Å². The van der Waals surface area contributed by atoms with Crippen LogP contribution < -0.4 is 5.56 Å². The van der Waals surface area contributed by atoms with E-state index in [0.717, 1.165) is 12.8 Å². The highest BCUT2D eigenvalue weighted by atomic mass is 32.1. The number of hydrogen-bond acceptors (Lipinski definition) is 7. The van der Waals surface area contributed by atoms with E-state index in [1.807, 2.05) is 0 Å². The zero-order valence-electron chi connectivity index (χ0n) is 12.0. The van der Waals surface area contributed by atoms with Gasteiger partial charge in [-0.15, -0.1) is 6.42 Å². The highest BCUT2D eigenvalue weighted by Crippen LogP contribution is 2.44. The molecule has 0 spiro atoms. The Morgan fingerprint density at radius 2 is 2.22 bits per heavy atom. The third-order valence-corrected chi connectivity index (χ3v) is 3.52. The molecule has 1 aliphatic rings. The van der Waals surface area contributed by atoms with Gasteiger partial charge in [0.2, 0.25) is 0 Å². The second-order valence-corrected chi connectivity index (χ2v) is 6.04. The van der Waals surface area contributed by atoms with Gasteiger partial charge in [0.15, 0.2) is 4.77 Å². The summed E-state index contributed by atoms with van der Waals surface area (Å²) >= 11 is 5.04. The van der Waals surface area contributed by atoms with Crippen LogP contribution in [-0.4, -0.2) is 52.4 Å². The Labute approximate surface area is 140 Å². The molecule has 4 N–H and O–H groups in total. The second-order valence-electron chi connectivity index (χ2n) is 4.37. The maximum Gasteiger partial charge on any atom is 0.566 e. The highest BCUT2D eigenvalue weighted by molar-refractivity contribution is 7.71. The lowest BCUT2D eigenvalue weighted by atomic mass is 9.98. The van der Waals surface area contributed by atoms with Crippen LogP contribution in [0.1, 0.15) is 24.6 Å². The van der Waals surface area contributed by atoms with E-state index in [1.165, 1.54) is 6.20 Å². The largest absolute Gasteiger partial charge is 0.566 e. The average molecular weight is 355 g/mol. The van der Waals surface area contributed by atoms with Crippen molar-refractivity contribution in [1.29, 1.82) is 0 Å². The lowest BCUT2D eigenvalue weighted by Crippen LogP contribution is -2.20. The monoisotopic (exact) mass is 355 g/mol. The molecule has 8 nitrogen and oxygen atoms in total. The molecule has 2 atom stereocenters. The fraction of sp³-hybridized carbons (Fsp3) is 0.455. The topological polar surface area (TPSA) is 117 Å². The predicted octanol–water partition coefficient (Wildman–Crippen LogP) is -0.526. The first-order valence-corrected chi connectivity index (χ1v) is 8.30. The number of rotatable bonds is 3. The molecule has 4 radical (unpaired) electrons. The molecule has 0 amide bonds. The lowest BCUT2D eigenvalue weighted by molar-refractivity contribution is 0.0353. The van der Waals surface area contributed by atoms with Crippen molar-refractivity contribution in [2.75, 3.05) is 6.51 Å². The Morgan fingerprint density at radius 3 is 2.61 bits per heavy atom. The van der Waals surface area contributed by atoms with Crippen LogP contribution in [0, 0.1) is 17.1 Å². The van der Waals surface area contributed by atoms with Crippen molar-refractivity contribution in [1.82, 2.24) is 9.55 Å². The Hall–Kier alpha value is -0.980. The van der Waals surface area contributed by atoms with E-state index in [4.69, 9.17) is 45.9 Å². The van der Waals surface area contributed by atoms with Crippen LogP contribution in [0.25, 0.3) is 0 Å². The van der Waals surface area contributed by atoms with Gasteiger partial charge in [-0.05, 0) is 25.1 Å². The molecule has 1 unspecified atom stereocenters. The summed E-state index contributed by atoms with van der Waals surface area (Å²) in [6, 6.07) is -0.284. The van der Waals surface area contributed by atoms with Gasteiger partial charge in [-0.3, -0.25) is 14.3 Å². The van der Waals surface area contributed by atoms with E-state index in [2.05, 4.69) is 23.3 Å². The molecule has 120 valence electrons. The first-order chi connectivity index (χ1) is 10.7. The lowest BCUT2D eigenvalue weighted by Gasteiger charge is -2.15. The molecular weight excluding hydrogens is 341 g/mol. The summed E-state index contributed by atoms with van der Waals surface area (Å²) in [4.78, 5) is 37.7. The number of nitrogens with one attached hydrogen (secondary N) is 1. The highest BCUT2D eigenvalue weighted by Gasteiger charge is 2.31. The summed E-state index contributed by atoms with van der Waals surface area (Å²) in [7, 11) is 6.23. The molecule has 2 rings (SSSR count). The summed E-state index contributed by atoms with van der Waals surface area (Å²) < 4.78 is 11.2. The minimum atomic E-state index is -4.04. The summed E-state index contributed by atoms with van der Waals surface area (Å²) in [5.41, 5.74) is -0.122. The molecule has 0 aromatic carbocycles. The number of H-pyrrole nitrogens is 1. The first-order valence-electron chi connectivity index (χ1n) is 6.33. The van der Waals surface area contributed by atoms with Gasteiger partial charge < -0.3 is 4.74 Å². The molecule has 1 aromatic heterocycles. The van der Waals surface area contributed by atoms with Crippen LogP contribution >= 0.6 is 20.4 Å². The smallest absolute Gasteiger partial charge is 0.365 e. The van der Waals surface area contributed by atoms with Crippen molar-refractivity contribution < 1.29 is 23.9 Å². The number of nitrogens with zero attached hydrogens (tertiary/aromatic N) is 1. The molecule has 1 saturated heterocycles. The van der Waals surface area contributed by atoms with Gasteiger partial charge in [0.05, 0.1) is 6.51 Å². The summed E-state index contributed by atoms with van der Waals surface area (Å²) in [6.45, 7) is -0.392. The second kappa shape index (κ2) is 8.76.